The number of Topliss-reactive ketones (excluding diaryl/α,β-unsaturated/α-hetero) is 1. The van der Waals surface area contributed by atoms with E-state index >= 15 is 0 Å². The summed E-state index contributed by atoms with van der Waals surface area (Å²) in [5.41, 5.74) is 4.06. The van der Waals surface area contributed by atoms with Gasteiger partial charge in [-0.3, -0.25) is 14.5 Å². The molecule has 1 saturated heterocycles. The number of nitrogens with zero attached hydrogens (tertiary/aromatic N) is 1. The van der Waals surface area contributed by atoms with Gasteiger partial charge in [0.1, 0.15) is 18.4 Å². The van der Waals surface area contributed by atoms with E-state index in [2.05, 4.69) is 16.0 Å². The van der Waals surface area contributed by atoms with Crippen LogP contribution in [0.4, 0.5) is 0 Å². The molecular formula is C23H22N2O3. The van der Waals surface area contributed by atoms with Gasteiger partial charge in [-0.1, -0.05) is 48.5 Å². The number of nitrogens with one attached hydrogen (secondary N) is 1. The van der Waals surface area contributed by atoms with Crippen LogP contribution in [0.25, 0.3) is 10.9 Å². The van der Waals surface area contributed by atoms with Crippen LogP contribution < -0.4 is 0 Å². The summed E-state index contributed by atoms with van der Waals surface area (Å²) in [4.78, 5) is 31.2. The predicted octanol–water partition coefficient (Wildman–Crippen LogP) is 3.19. The Morgan fingerprint density at radius 3 is 2.75 bits per heavy atom. The molecule has 0 saturated carbocycles. The molecule has 5 rings (SSSR count). The van der Waals surface area contributed by atoms with E-state index in [0.717, 1.165) is 27.7 Å². The van der Waals surface area contributed by atoms with Gasteiger partial charge in [-0.25, -0.2) is 0 Å². The number of para-hydroxylation sites is 1. The van der Waals surface area contributed by atoms with Crippen LogP contribution in [0.1, 0.15) is 29.2 Å². The van der Waals surface area contributed by atoms with Crippen LogP contribution in [-0.2, 0) is 27.4 Å². The molecule has 0 amide bonds. The Labute approximate surface area is 163 Å². The van der Waals surface area contributed by atoms with Gasteiger partial charge in [-0.05, 0) is 17.2 Å². The second-order valence-electron chi connectivity index (χ2n) is 7.64. The lowest BCUT2D eigenvalue weighted by molar-refractivity contribution is -0.152. The van der Waals surface area contributed by atoms with E-state index in [-0.39, 0.29) is 30.3 Å². The summed E-state index contributed by atoms with van der Waals surface area (Å²) in [6.07, 6.45) is 1.04. The number of hydrogen-bond donors (Lipinski definition) is 1. The molecule has 1 aromatic heterocycles. The topological polar surface area (TPSA) is 62.4 Å². The zero-order valence-electron chi connectivity index (χ0n) is 15.6. The molecule has 2 aliphatic heterocycles. The second kappa shape index (κ2) is 6.91. The minimum Gasteiger partial charge on any atom is -0.460 e. The van der Waals surface area contributed by atoms with Gasteiger partial charge in [-0.2, -0.15) is 0 Å². The first-order chi connectivity index (χ1) is 13.7. The molecule has 3 aromatic rings. The van der Waals surface area contributed by atoms with Crippen molar-refractivity contribution in [3.8, 4) is 0 Å². The van der Waals surface area contributed by atoms with Crippen molar-refractivity contribution >= 4 is 22.7 Å². The molecule has 28 heavy (non-hydrogen) atoms. The Hall–Kier alpha value is -2.92. The molecule has 3 heterocycles. The highest BCUT2D eigenvalue weighted by Gasteiger charge is 2.41. The van der Waals surface area contributed by atoms with Crippen molar-refractivity contribution in [3.63, 3.8) is 0 Å². The maximum absolute atomic E-state index is 13.0. The maximum atomic E-state index is 13.0. The van der Waals surface area contributed by atoms with E-state index in [4.69, 9.17) is 4.74 Å². The molecule has 0 spiro atoms. The fourth-order valence-electron chi connectivity index (χ4n) is 4.51. The average molecular weight is 374 g/mol. The highest BCUT2D eigenvalue weighted by atomic mass is 16.5. The monoisotopic (exact) mass is 374 g/mol. The zero-order valence-corrected chi connectivity index (χ0v) is 15.6. The second-order valence-corrected chi connectivity index (χ2v) is 7.64. The molecule has 1 unspecified atom stereocenters. The third-order valence-corrected chi connectivity index (χ3v) is 5.98. The minimum absolute atomic E-state index is 0.192. The number of ketones is 1. The number of rotatable bonds is 3. The molecule has 0 aliphatic carbocycles. The smallest absolute Gasteiger partial charge is 0.324 e. The number of ether oxygens (including phenoxy) is 1. The van der Waals surface area contributed by atoms with Crippen molar-refractivity contribution in [1.82, 2.24) is 9.88 Å². The summed E-state index contributed by atoms with van der Waals surface area (Å²) in [6, 6.07) is 17.4. The van der Waals surface area contributed by atoms with E-state index in [9.17, 15) is 9.59 Å². The molecule has 2 aliphatic rings. The number of esters is 1. The van der Waals surface area contributed by atoms with E-state index in [1.165, 1.54) is 0 Å². The number of carbonyl (C=O) groups excluding carboxylic acids is 2. The summed E-state index contributed by atoms with van der Waals surface area (Å²) in [5, 5.41) is 1.10. The van der Waals surface area contributed by atoms with Crippen LogP contribution in [0.15, 0.2) is 54.6 Å². The summed E-state index contributed by atoms with van der Waals surface area (Å²) in [5.74, 6) is -0.152. The van der Waals surface area contributed by atoms with Gasteiger partial charge in [-0.15, -0.1) is 0 Å². The Kier molecular flexibility index (Phi) is 4.24. The zero-order chi connectivity index (χ0) is 19.1. The number of aromatic amines is 1. The molecule has 1 fully saturated rings. The third kappa shape index (κ3) is 2.92. The number of fused-ring (bicyclic) bond motifs is 6. The summed E-state index contributed by atoms with van der Waals surface area (Å²) < 4.78 is 5.67. The Morgan fingerprint density at radius 2 is 1.89 bits per heavy atom. The largest absolute Gasteiger partial charge is 0.460 e. The van der Waals surface area contributed by atoms with Gasteiger partial charge in [0.05, 0.1) is 5.92 Å². The lowest BCUT2D eigenvalue weighted by Gasteiger charge is -2.33. The molecule has 3 atom stereocenters. The fourth-order valence-corrected chi connectivity index (χ4v) is 4.51. The van der Waals surface area contributed by atoms with Crippen molar-refractivity contribution in [1.29, 1.82) is 0 Å². The number of aromatic nitrogens is 1. The highest BCUT2D eigenvalue weighted by Crippen LogP contribution is 2.36. The quantitative estimate of drug-likeness (QED) is 0.715. The Morgan fingerprint density at radius 1 is 1.11 bits per heavy atom. The van der Waals surface area contributed by atoms with Gasteiger partial charge in [0, 0.05) is 42.5 Å². The number of piperidine rings is 1. The molecule has 5 nitrogen and oxygen atoms in total. The molecular weight excluding hydrogens is 352 g/mol. The van der Waals surface area contributed by atoms with Crippen LogP contribution in [0.5, 0.6) is 0 Å². The summed E-state index contributed by atoms with van der Waals surface area (Å²) in [6.45, 7) is 1.46. The van der Waals surface area contributed by atoms with Crippen molar-refractivity contribution in [2.45, 2.75) is 31.4 Å². The van der Waals surface area contributed by atoms with Crippen LogP contribution >= 0.6 is 0 Å². The fraction of sp³-hybridized carbons (Fsp3) is 0.304. The number of carbonyl (C=O) groups is 2. The molecule has 2 bridgehead atoms. The van der Waals surface area contributed by atoms with Gasteiger partial charge in [0.25, 0.3) is 0 Å². The lowest BCUT2D eigenvalue weighted by Crippen LogP contribution is -2.48. The SMILES string of the molecule is O=C(OCc1ccccc1)[C@H]1Cc2c([nH]c3ccccc23)[C@H]2CN1CCC2=O. The average Bonchev–Trinajstić information content (AvgIpc) is 3.03. The first-order valence-corrected chi connectivity index (χ1v) is 9.77. The van der Waals surface area contributed by atoms with Gasteiger partial charge >= 0.3 is 5.97 Å². The predicted molar refractivity (Wildman–Crippen MR) is 106 cm³/mol. The van der Waals surface area contributed by atoms with Crippen molar-refractivity contribution < 1.29 is 14.3 Å². The maximum Gasteiger partial charge on any atom is 0.324 e. The Balaban J connectivity index is 1.47. The third-order valence-electron chi connectivity index (χ3n) is 5.98. The van der Waals surface area contributed by atoms with Crippen LogP contribution in [0, 0.1) is 0 Å². The lowest BCUT2D eigenvalue weighted by atomic mass is 9.92. The van der Waals surface area contributed by atoms with Crippen LogP contribution in [0.2, 0.25) is 0 Å². The normalized spacial score (nSPS) is 23.9. The molecule has 142 valence electrons. The first kappa shape index (κ1) is 17.2. The highest BCUT2D eigenvalue weighted by molar-refractivity contribution is 5.93. The van der Waals surface area contributed by atoms with E-state index < -0.39 is 0 Å². The molecule has 0 radical (unpaired) electrons. The van der Waals surface area contributed by atoms with Gasteiger partial charge in [0.15, 0.2) is 0 Å². The minimum atomic E-state index is -0.361. The Bertz CT molecular complexity index is 1040. The van der Waals surface area contributed by atoms with Gasteiger partial charge in [0.2, 0.25) is 0 Å². The van der Waals surface area contributed by atoms with E-state index in [1.54, 1.807) is 0 Å². The van der Waals surface area contributed by atoms with Crippen LogP contribution in [-0.4, -0.2) is 40.8 Å². The standard InChI is InChI=1S/C23H22N2O3/c26-21-10-11-25-13-18(21)22-17(16-8-4-5-9-19(16)24-22)12-20(25)23(27)28-14-15-6-2-1-3-7-15/h1-9,18,20,24H,10-14H2/t18-,20+/m0/s1. The molecule has 1 N–H and O–H groups in total. The first-order valence-electron chi connectivity index (χ1n) is 9.77. The molecule has 5 heteroatoms. The number of benzene rings is 2. The summed E-state index contributed by atoms with van der Waals surface area (Å²) >= 11 is 0. The summed E-state index contributed by atoms with van der Waals surface area (Å²) in [7, 11) is 0. The van der Waals surface area contributed by atoms with E-state index in [1.807, 2.05) is 48.5 Å². The van der Waals surface area contributed by atoms with E-state index in [0.29, 0.717) is 25.9 Å². The van der Waals surface area contributed by atoms with Gasteiger partial charge < -0.3 is 9.72 Å². The van der Waals surface area contributed by atoms with Crippen molar-refractivity contribution in [2.75, 3.05) is 13.1 Å². The van der Waals surface area contributed by atoms with Crippen LogP contribution in [0.3, 0.4) is 0 Å². The number of H-pyrrole nitrogens is 1. The van der Waals surface area contributed by atoms with Crippen molar-refractivity contribution in [3.05, 3.63) is 71.4 Å². The van der Waals surface area contributed by atoms with Crippen molar-refractivity contribution in [2.24, 2.45) is 0 Å². The number of hydrogen-bond acceptors (Lipinski definition) is 4. The molecule has 2 aromatic carbocycles.